The second-order valence-electron chi connectivity index (χ2n) is 27.7. The summed E-state index contributed by atoms with van der Waals surface area (Å²) in [6.07, 6.45) is 87.5. The van der Waals surface area contributed by atoms with Crippen LogP contribution in [0.15, 0.2) is 122 Å². The van der Waals surface area contributed by atoms with Gasteiger partial charge in [-0.1, -0.05) is 310 Å². The molecule has 0 aromatic rings. The zero-order chi connectivity index (χ0) is 77.4. The molecule has 0 saturated carbocycles. The smallest absolute Gasteiger partial charge is 0.462 e. The molecule has 0 bridgehead atoms. The fourth-order valence-corrected chi connectivity index (χ4v) is 12.6. The predicted octanol–water partition coefficient (Wildman–Crippen LogP) is 24.7. The van der Waals surface area contributed by atoms with Gasteiger partial charge in [-0.3, -0.25) is 37.3 Å². The Labute approximate surface area is 644 Å². The molecule has 19 heteroatoms. The van der Waals surface area contributed by atoms with E-state index in [4.69, 9.17) is 37.0 Å². The fraction of sp³-hybridized carbons (Fsp3) is 0.724. The van der Waals surface area contributed by atoms with Gasteiger partial charge in [0.15, 0.2) is 12.2 Å². The van der Waals surface area contributed by atoms with Crippen molar-refractivity contribution in [3.63, 3.8) is 0 Å². The van der Waals surface area contributed by atoms with Gasteiger partial charge in [-0.15, -0.1) is 0 Å². The molecule has 0 amide bonds. The molecule has 610 valence electrons. The third-order valence-electron chi connectivity index (χ3n) is 17.4. The third-order valence-corrected chi connectivity index (χ3v) is 19.3. The van der Waals surface area contributed by atoms with E-state index in [-0.39, 0.29) is 25.7 Å². The van der Waals surface area contributed by atoms with E-state index in [0.29, 0.717) is 38.5 Å². The number of allylic oxidation sites excluding steroid dienone is 20. The predicted molar refractivity (Wildman–Crippen MR) is 436 cm³/mol. The van der Waals surface area contributed by atoms with Gasteiger partial charge in [0.25, 0.3) is 0 Å². The van der Waals surface area contributed by atoms with Crippen LogP contribution in [0.3, 0.4) is 0 Å². The van der Waals surface area contributed by atoms with Crippen LogP contribution in [0.25, 0.3) is 0 Å². The Morgan fingerprint density at radius 2 is 0.472 bits per heavy atom. The molecule has 17 nitrogen and oxygen atoms in total. The number of rotatable bonds is 78. The van der Waals surface area contributed by atoms with Crippen molar-refractivity contribution < 1.29 is 80.2 Å². The standard InChI is InChI=1S/C87H150O17P2/c1-5-9-13-17-21-25-29-33-37-40-44-48-52-56-60-64-68-72-85(90)98-78-83(104-87(92)74-70-66-62-58-54-50-46-42-39-35-31-27-23-19-15-11-7-3)80-102-106(95,96)100-76-81(88)75-99-105(93,94)101-79-82(77-97-84(89)71-67-63-59-55-51-47-43-36-32-28-24-20-16-12-8-4)103-86(91)73-69-65-61-57-53-49-45-41-38-34-30-26-22-18-14-10-6-2/h21,23-25,27-28,33,35-37,39,43-44,46,48,50,56,58,60,62,81-83,88H,5-20,22,26,29-32,34,38,40-42,45,47,49,51-55,57,59,61,63-80H2,1-4H3,(H,93,94)(H,95,96)/b25-21-,27-23-,28-24-,37-33-,39-35-,43-36-,48-44-,50-46-,60-56-,62-58-/t81-,82-,83-/m1/s1. The summed E-state index contributed by atoms with van der Waals surface area (Å²) in [7, 11) is -10.00. The van der Waals surface area contributed by atoms with Crippen molar-refractivity contribution in [2.45, 2.75) is 367 Å². The van der Waals surface area contributed by atoms with Crippen molar-refractivity contribution in [1.82, 2.24) is 0 Å². The summed E-state index contributed by atoms with van der Waals surface area (Å²) in [6.45, 7) is 4.70. The summed E-state index contributed by atoms with van der Waals surface area (Å²) in [5.74, 6) is -2.31. The van der Waals surface area contributed by atoms with Crippen molar-refractivity contribution in [2.24, 2.45) is 0 Å². The Balaban J connectivity index is 5.47. The molecule has 0 aromatic heterocycles. The number of phosphoric acid groups is 2. The van der Waals surface area contributed by atoms with E-state index in [1.165, 1.54) is 135 Å². The van der Waals surface area contributed by atoms with Gasteiger partial charge in [-0.2, -0.15) is 0 Å². The first-order chi connectivity index (χ1) is 51.7. The van der Waals surface area contributed by atoms with Crippen LogP contribution in [0.2, 0.25) is 0 Å². The maximum absolute atomic E-state index is 13.1. The molecule has 0 aliphatic heterocycles. The molecule has 0 spiro atoms. The van der Waals surface area contributed by atoms with Crippen LogP contribution in [0, 0.1) is 0 Å². The van der Waals surface area contributed by atoms with Gasteiger partial charge in [-0.25, -0.2) is 9.13 Å². The number of phosphoric ester groups is 2. The normalized spacial score (nSPS) is 14.4. The molecule has 5 atom stereocenters. The van der Waals surface area contributed by atoms with Crippen molar-refractivity contribution in [2.75, 3.05) is 39.6 Å². The summed E-state index contributed by atoms with van der Waals surface area (Å²) in [5, 5.41) is 10.7. The Morgan fingerprint density at radius 3 is 0.774 bits per heavy atom. The van der Waals surface area contributed by atoms with E-state index in [9.17, 15) is 43.2 Å². The highest BCUT2D eigenvalue weighted by molar-refractivity contribution is 7.47. The van der Waals surface area contributed by atoms with E-state index in [2.05, 4.69) is 125 Å². The lowest BCUT2D eigenvalue weighted by molar-refractivity contribution is -0.161. The zero-order valence-corrected chi connectivity index (χ0v) is 68.6. The van der Waals surface area contributed by atoms with E-state index in [1.54, 1.807) is 0 Å². The SMILES string of the molecule is CCCCC/C=C\C/C=C\C/C=C\C/C=C\CCCC(=O)OC[C@H](COP(=O)(O)OC[C@H](O)COP(=O)(O)OC[C@@H](COC(=O)CCCCCCC/C=C\C/C=C\CCCCC)OC(=O)CCCCCCCCCCCCCCCCCCC)OC(=O)CCC/C=C\C/C=C\C/C=C\C/C=C\CCCCC. The fourth-order valence-electron chi connectivity index (χ4n) is 11.0. The Morgan fingerprint density at radius 1 is 0.264 bits per heavy atom. The van der Waals surface area contributed by atoms with Gasteiger partial charge in [-0.05, 0) is 135 Å². The molecule has 3 N–H and O–H groups in total. The highest BCUT2D eigenvalue weighted by Gasteiger charge is 2.30. The lowest BCUT2D eigenvalue weighted by Crippen LogP contribution is -2.30. The number of aliphatic hydroxyl groups is 1. The highest BCUT2D eigenvalue weighted by Crippen LogP contribution is 2.45. The molecule has 0 rings (SSSR count). The molecule has 0 fully saturated rings. The van der Waals surface area contributed by atoms with Gasteiger partial charge in [0.2, 0.25) is 0 Å². The lowest BCUT2D eigenvalue weighted by Gasteiger charge is -2.21. The van der Waals surface area contributed by atoms with Gasteiger partial charge >= 0.3 is 39.5 Å². The monoisotopic (exact) mass is 1530 g/mol. The van der Waals surface area contributed by atoms with E-state index >= 15 is 0 Å². The quantitative estimate of drug-likeness (QED) is 0.0169. The molecule has 2 unspecified atom stereocenters. The summed E-state index contributed by atoms with van der Waals surface area (Å²) in [5.41, 5.74) is 0. The summed E-state index contributed by atoms with van der Waals surface area (Å²) >= 11 is 0. The van der Waals surface area contributed by atoms with Crippen molar-refractivity contribution in [3.05, 3.63) is 122 Å². The highest BCUT2D eigenvalue weighted by atomic mass is 31.2. The molecule has 106 heavy (non-hydrogen) atoms. The van der Waals surface area contributed by atoms with E-state index in [0.717, 1.165) is 122 Å². The van der Waals surface area contributed by atoms with Crippen molar-refractivity contribution in [3.8, 4) is 0 Å². The molecule has 0 radical (unpaired) electrons. The van der Waals surface area contributed by atoms with Crippen LogP contribution < -0.4 is 0 Å². The molecule has 0 aliphatic rings. The average Bonchev–Trinajstić information content (AvgIpc) is 0.905. The van der Waals surface area contributed by atoms with Gasteiger partial charge in [0.1, 0.15) is 19.3 Å². The van der Waals surface area contributed by atoms with Crippen LogP contribution in [0.4, 0.5) is 0 Å². The first-order valence-corrected chi connectivity index (χ1v) is 44.8. The summed E-state index contributed by atoms with van der Waals surface area (Å²) < 4.78 is 68.6. The number of ether oxygens (including phenoxy) is 4. The zero-order valence-electron chi connectivity index (χ0n) is 66.8. The second-order valence-corrected chi connectivity index (χ2v) is 30.6. The number of unbranched alkanes of at least 4 members (excludes halogenated alkanes) is 32. The van der Waals surface area contributed by atoms with Gasteiger partial charge in [0.05, 0.1) is 26.4 Å². The van der Waals surface area contributed by atoms with E-state index in [1.807, 2.05) is 24.3 Å². The number of carbonyl (C=O) groups excluding carboxylic acids is 4. The van der Waals surface area contributed by atoms with E-state index < -0.39 is 97.5 Å². The molecular formula is C87H150O17P2. The molecular weight excluding hydrogens is 1380 g/mol. The maximum Gasteiger partial charge on any atom is 0.472 e. The molecule has 0 aromatic carbocycles. The van der Waals surface area contributed by atoms with Crippen LogP contribution in [0.5, 0.6) is 0 Å². The second kappa shape index (κ2) is 78.6. The van der Waals surface area contributed by atoms with Crippen molar-refractivity contribution in [1.29, 1.82) is 0 Å². The largest absolute Gasteiger partial charge is 0.472 e. The number of carbonyl (C=O) groups is 4. The Kier molecular flexibility index (Phi) is 75.2. The van der Waals surface area contributed by atoms with Crippen LogP contribution in [-0.4, -0.2) is 96.7 Å². The third kappa shape index (κ3) is 77.6. The summed E-state index contributed by atoms with van der Waals surface area (Å²) in [4.78, 5) is 73.1. The first-order valence-electron chi connectivity index (χ1n) is 41.8. The minimum absolute atomic E-state index is 0.00549. The summed E-state index contributed by atoms with van der Waals surface area (Å²) in [6, 6.07) is 0. The number of hydrogen-bond donors (Lipinski definition) is 3. The first kappa shape index (κ1) is 101. The number of aliphatic hydroxyl groups excluding tert-OH is 1. The van der Waals surface area contributed by atoms with Crippen LogP contribution in [0.1, 0.15) is 349 Å². The topological polar surface area (TPSA) is 237 Å². The van der Waals surface area contributed by atoms with Crippen LogP contribution in [-0.2, 0) is 65.4 Å². The molecule has 0 saturated heterocycles. The maximum atomic E-state index is 13.1. The van der Waals surface area contributed by atoms with Gasteiger partial charge < -0.3 is 33.8 Å². The Hall–Kier alpha value is -4.54. The molecule has 0 heterocycles. The average molecular weight is 1530 g/mol. The number of hydrogen-bond acceptors (Lipinski definition) is 15. The van der Waals surface area contributed by atoms with Gasteiger partial charge in [0, 0.05) is 25.7 Å². The Bertz CT molecular complexity index is 2480. The van der Waals surface area contributed by atoms with Crippen molar-refractivity contribution >= 4 is 39.5 Å². The minimum atomic E-state index is -5.01. The molecule has 0 aliphatic carbocycles. The minimum Gasteiger partial charge on any atom is -0.462 e. The van der Waals surface area contributed by atoms with Crippen LogP contribution >= 0.6 is 15.6 Å². The lowest BCUT2D eigenvalue weighted by atomic mass is 10.0. The number of esters is 4.